The highest BCUT2D eigenvalue weighted by Crippen LogP contribution is 2.54. The first-order chi connectivity index (χ1) is 9.69. The molecule has 1 aromatic rings. The zero-order valence-electron chi connectivity index (χ0n) is 14.1. The quantitative estimate of drug-likeness (QED) is 0.774. The van der Waals surface area contributed by atoms with E-state index >= 15 is 0 Å². The van der Waals surface area contributed by atoms with Gasteiger partial charge in [0.05, 0.1) is 5.60 Å². The van der Waals surface area contributed by atoms with Crippen molar-refractivity contribution in [3.63, 3.8) is 0 Å². The Labute approximate surface area is 129 Å². The molecule has 0 amide bonds. The lowest BCUT2D eigenvalue weighted by Gasteiger charge is -2.50. The molecule has 0 unspecified atom stereocenters. The van der Waals surface area contributed by atoms with E-state index in [0.717, 1.165) is 24.3 Å². The first-order valence-corrected chi connectivity index (χ1v) is 8.52. The largest absolute Gasteiger partial charge is 0.385 e. The molecule has 0 heterocycles. The van der Waals surface area contributed by atoms with Crippen LogP contribution in [0.2, 0.25) is 0 Å². The van der Waals surface area contributed by atoms with Crippen LogP contribution in [-0.2, 0) is 5.60 Å². The molecule has 1 nitrogen and oxygen atoms in total. The van der Waals surface area contributed by atoms with Gasteiger partial charge in [0, 0.05) is 0 Å². The summed E-state index contributed by atoms with van der Waals surface area (Å²) in [5, 5.41) is 11.4. The lowest BCUT2D eigenvalue weighted by Crippen LogP contribution is -2.44. The van der Waals surface area contributed by atoms with Crippen molar-refractivity contribution in [2.24, 2.45) is 10.8 Å². The van der Waals surface area contributed by atoms with Gasteiger partial charge in [-0.1, -0.05) is 58.4 Å². The van der Waals surface area contributed by atoms with Crippen molar-refractivity contribution in [3.05, 3.63) is 35.4 Å². The fraction of sp³-hybridized carbons (Fsp3) is 0.700. The summed E-state index contributed by atoms with van der Waals surface area (Å²) in [6, 6.07) is 8.83. The topological polar surface area (TPSA) is 20.2 Å². The van der Waals surface area contributed by atoms with Gasteiger partial charge in [0.1, 0.15) is 0 Å². The first kappa shape index (κ1) is 15.1. The highest BCUT2D eigenvalue weighted by Gasteiger charge is 2.47. The molecule has 3 rings (SSSR count). The number of benzene rings is 1. The van der Waals surface area contributed by atoms with Crippen LogP contribution in [0.4, 0.5) is 0 Å². The Morgan fingerprint density at radius 3 is 2.10 bits per heavy atom. The van der Waals surface area contributed by atoms with E-state index in [1.54, 1.807) is 0 Å². The monoisotopic (exact) mass is 286 g/mol. The van der Waals surface area contributed by atoms with Crippen LogP contribution in [-0.4, -0.2) is 5.11 Å². The Morgan fingerprint density at radius 1 is 0.952 bits per heavy atom. The third kappa shape index (κ3) is 3.04. The van der Waals surface area contributed by atoms with Crippen molar-refractivity contribution < 1.29 is 5.11 Å². The van der Waals surface area contributed by atoms with Gasteiger partial charge in [-0.25, -0.2) is 0 Å². The summed E-state index contributed by atoms with van der Waals surface area (Å²) in [5.74, 6) is 0.734. The van der Waals surface area contributed by atoms with Gasteiger partial charge in [0.25, 0.3) is 0 Å². The van der Waals surface area contributed by atoms with E-state index in [1.165, 1.54) is 31.2 Å². The van der Waals surface area contributed by atoms with Gasteiger partial charge >= 0.3 is 0 Å². The Hall–Kier alpha value is -0.820. The predicted octanol–water partition coefficient (Wildman–Crippen LogP) is 5.38. The molecule has 2 aliphatic carbocycles. The molecule has 0 saturated heterocycles. The van der Waals surface area contributed by atoms with Gasteiger partial charge in [-0.2, -0.15) is 0 Å². The second-order valence-electron chi connectivity index (χ2n) is 9.14. The molecule has 0 aromatic heterocycles. The third-order valence-corrected chi connectivity index (χ3v) is 5.50. The van der Waals surface area contributed by atoms with Gasteiger partial charge in [-0.3, -0.25) is 0 Å². The van der Waals surface area contributed by atoms with Crippen molar-refractivity contribution in [2.75, 3.05) is 0 Å². The molecule has 0 bridgehead atoms. The third-order valence-electron chi connectivity index (χ3n) is 5.50. The minimum absolute atomic E-state index is 0.197. The minimum atomic E-state index is -0.662. The van der Waals surface area contributed by atoms with Crippen LogP contribution in [0, 0.1) is 10.8 Å². The van der Waals surface area contributed by atoms with E-state index in [4.69, 9.17) is 0 Å². The van der Waals surface area contributed by atoms with E-state index in [9.17, 15) is 5.11 Å². The van der Waals surface area contributed by atoms with Crippen LogP contribution in [0.5, 0.6) is 0 Å². The summed E-state index contributed by atoms with van der Waals surface area (Å²) in [5.41, 5.74) is 2.32. The van der Waals surface area contributed by atoms with Crippen LogP contribution in [0.15, 0.2) is 24.3 Å². The second kappa shape index (κ2) is 4.84. The summed E-state index contributed by atoms with van der Waals surface area (Å²) in [4.78, 5) is 0. The standard InChI is InChI=1S/C20H30O/c1-18(2)12-19(3,4)14-20(21,13-18)17-10-6-9-16(11-17)15-7-5-8-15/h6,9-11,15,21H,5,7-8,12-14H2,1-4H3. The maximum atomic E-state index is 11.4. The minimum Gasteiger partial charge on any atom is -0.385 e. The van der Waals surface area contributed by atoms with Crippen LogP contribution in [0.25, 0.3) is 0 Å². The SMILES string of the molecule is CC1(C)CC(C)(C)CC(O)(c2cccc(C3CCC3)c2)C1. The summed E-state index contributed by atoms with van der Waals surface area (Å²) < 4.78 is 0. The molecule has 2 fully saturated rings. The molecule has 21 heavy (non-hydrogen) atoms. The van der Waals surface area contributed by atoms with Crippen molar-refractivity contribution >= 4 is 0 Å². The molecule has 0 spiro atoms. The number of aliphatic hydroxyl groups is 1. The van der Waals surface area contributed by atoms with Crippen LogP contribution in [0.1, 0.15) is 83.3 Å². The first-order valence-electron chi connectivity index (χ1n) is 8.52. The van der Waals surface area contributed by atoms with Gasteiger partial charge in [0.2, 0.25) is 0 Å². The predicted molar refractivity (Wildman–Crippen MR) is 88.3 cm³/mol. The molecular formula is C20H30O. The normalized spacial score (nSPS) is 27.1. The molecular weight excluding hydrogens is 256 g/mol. The van der Waals surface area contributed by atoms with Crippen molar-refractivity contribution in [1.82, 2.24) is 0 Å². The van der Waals surface area contributed by atoms with Crippen LogP contribution >= 0.6 is 0 Å². The van der Waals surface area contributed by atoms with Gasteiger partial charge in [-0.05, 0) is 60.0 Å². The molecule has 1 heteroatoms. The molecule has 0 aliphatic heterocycles. The Morgan fingerprint density at radius 2 is 1.57 bits per heavy atom. The highest BCUT2D eigenvalue weighted by molar-refractivity contribution is 5.32. The molecule has 116 valence electrons. The smallest absolute Gasteiger partial charge is 0.0906 e. The van der Waals surface area contributed by atoms with Crippen molar-refractivity contribution in [1.29, 1.82) is 0 Å². The average molecular weight is 286 g/mol. The molecule has 0 radical (unpaired) electrons. The molecule has 2 aliphatic rings. The van der Waals surface area contributed by atoms with Crippen LogP contribution in [0.3, 0.4) is 0 Å². The Kier molecular flexibility index (Phi) is 3.48. The van der Waals surface area contributed by atoms with E-state index in [0.29, 0.717) is 0 Å². The molecule has 2 saturated carbocycles. The number of rotatable bonds is 2. The fourth-order valence-electron chi connectivity index (χ4n) is 5.09. The van der Waals surface area contributed by atoms with Gasteiger partial charge in [-0.15, -0.1) is 0 Å². The van der Waals surface area contributed by atoms with Crippen molar-refractivity contribution in [3.8, 4) is 0 Å². The van der Waals surface area contributed by atoms with Gasteiger partial charge in [0.15, 0.2) is 0 Å². The summed E-state index contributed by atoms with van der Waals surface area (Å²) in [7, 11) is 0. The molecule has 0 atom stereocenters. The lowest BCUT2D eigenvalue weighted by molar-refractivity contribution is -0.0913. The Balaban J connectivity index is 1.93. The number of hydrogen-bond acceptors (Lipinski definition) is 1. The van der Waals surface area contributed by atoms with E-state index in [2.05, 4.69) is 52.0 Å². The zero-order valence-corrected chi connectivity index (χ0v) is 14.1. The second-order valence-corrected chi connectivity index (χ2v) is 9.14. The molecule has 1 aromatic carbocycles. The van der Waals surface area contributed by atoms with Crippen LogP contribution < -0.4 is 0 Å². The summed E-state index contributed by atoms with van der Waals surface area (Å²) in [6.07, 6.45) is 6.93. The van der Waals surface area contributed by atoms with Crippen molar-refractivity contribution in [2.45, 2.75) is 77.7 Å². The summed E-state index contributed by atoms with van der Waals surface area (Å²) >= 11 is 0. The van der Waals surface area contributed by atoms with E-state index in [1.807, 2.05) is 0 Å². The lowest BCUT2D eigenvalue weighted by atomic mass is 9.58. The van der Waals surface area contributed by atoms with E-state index in [-0.39, 0.29) is 10.8 Å². The zero-order chi connectivity index (χ0) is 15.3. The fourth-order valence-corrected chi connectivity index (χ4v) is 5.09. The maximum absolute atomic E-state index is 11.4. The average Bonchev–Trinajstić information content (AvgIpc) is 2.21. The van der Waals surface area contributed by atoms with Gasteiger partial charge < -0.3 is 5.11 Å². The number of hydrogen-bond donors (Lipinski definition) is 1. The molecule has 1 N–H and O–H groups in total. The maximum Gasteiger partial charge on any atom is 0.0906 e. The highest BCUT2D eigenvalue weighted by atomic mass is 16.3. The Bertz CT molecular complexity index is 506. The van der Waals surface area contributed by atoms with E-state index < -0.39 is 5.60 Å². The summed E-state index contributed by atoms with van der Waals surface area (Å²) in [6.45, 7) is 9.20.